The molecule has 5 heteroatoms. The maximum Gasteiger partial charge on any atom is 0.221 e. The standard InChI is InChI=1S/C18H19NO4/c1-22-12-7-6-10-14(17(12)23-2)18-8-4-3-5-11(18)15(16(10)21)19-13(20)9-18/h3-4,6-7,11,15H,5,8-9H2,1-2H3,(H,19,20)/t11-,15+,18-/m1/s1. The van der Waals surface area contributed by atoms with Crippen LogP contribution in [-0.2, 0) is 10.2 Å². The van der Waals surface area contributed by atoms with Gasteiger partial charge in [0.2, 0.25) is 5.91 Å². The van der Waals surface area contributed by atoms with Crippen LogP contribution in [0, 0.1) is 5.92 Å². The lowest BCUT2D eigenvalue weighted by atomic mass is 9.53. The van der Waals surface area contributed by atoms with Gasteiger partial charge in [0, 0.05) is 28.9 Å². The molecule has 0 saturated carbocycles. The predicted octanol–water partition coefficient (Wildman–Crippen LogP) is 1.99. The molecule has 23 heavy (non-hydrogen) atoms. The molecule has 5 nitrogen and oxygen atoms in total. The van der Waals surface area contributed by atoms with Crippen molar-refractivity contribution in [1.29, 1.82) is 0 Å². The molecule has 3 aliphatic rings. The van der Waals surface area contributed by atoms with Gasteiger partial charge >= 0.3 is 0 Å². The number of methoxy groups -OCH3 is 2. The number of ether oxygens (including phenoxy) is 2. The van der Waals surface area contributed by atoms with E-state index in [1.807, 2.05) is 0 Å². The smallest absolute Gasteiger partial charge is 0.221 e. The molecule has 1 saturated heterocycles. The zero-order chi connectivity index (χ0) is 16.2. The highest BCUT2D eigenvalue weighted by Gasteiger charge is 2.57. The maximum atomic E-state index is 13.0. The molecule has 0 radical (unpaired) electrons. The van der Waals surface area contributed by atoms with Gasteiger partial charge in [0.05, 0.1) is 20.3 Å². The zero-order valence-electron chi connectivity index (χ0n) is 13.2. The Hall–Kier alpha value is -2.30. The van der Waals surface area contributed by atoms with E-state index < -0.39 is 6.04 Å². The van der Waals surface area contributed by atoms with Crippen LogP contribution < -0.4 is 14.8 Å². The third kappa shape index (κ3) is 1.73. The fraction of sp³-hybridized carbons (Fsp3) is 0.444. The van der Waals surface area contributed by atoms with Crippen LogP contribution in [0.25, 0.3) is 0 Å². The molecule has 4 rings (SSSR count). The first-order valence-electron chi connectivity index (χ1n) is 7.86. The Morgan fingerprint density at radius 3 is 2.74 bits per heavy atom. The Morgan fingerprint density at radius 1 is 1.17 bits per heavy atom. The Kier molecular flexibility index (Phi) is 3.01. The first-order valence-corrected chi connectivity index (χ1v) is 7.86. The molecule has 2 bridgehead atoms. The molecule has 0 aromatic heterocycles. The SMILES string of the molecule is COc1ccc2c(c1OC)[C@@]13CC=CC[C@@H]1[C@H](NC(=O)C3)C2=O. The number of nitrogens with one attached hydrogen (secondary N) is 1. The molecule has 1 N–H and O–H groups in total. The molecular formula is C18H19NO4. The number of hydrogen-bond donors (Lipinski definition) is 1. The average Bonchev–Trinajstić information content (AvgIpc) is 2.57. The van der Waals surface area contributed by atoms with Crippen molar-refractivity contribution in [2.45, 2.75) is 30.7 Å². The number of fused-ring (bicyclic) bond motifs is 1. The Bertz CT molecular complexity index is 739. The van der Waals surface area contributed by atoms with Crippen molar-refractivity contribution in [2.24, 2.45) is 5.92 Å². The van der Waals surface area contributed by atoms with Gasteiger partial charge in [0.15, 0.2) is 17.3 Å². The van der Waals surface area contributed by atoms with Gasteiger partial charge in [-0.3, -0.25) is 9.59 Å². The molecule has 1 aromatic rings. The van der Waals surface area contributed by atoms with Crippen molar-refractivity contribution in [3.63, 3.8) is 0 Å². The molecular weight excluding hydrogens is 294 g/mol. The third-order valence-electron chi connectivity index (χ3n) is 5.53. The second kappa shape index (κ2) is 4.85. The Labute approximate surface area is 134 Å². The van der Waals surface area contributed by atoms with Crippen molar-refractivity contribution in [1.82, 2.24) is 5.32 Å². The van der Waals surface area contributed by atoms with Gasteiger partial charge in [-0.25, -0.2) is 0 Å². The number of amides is 1. The highest BCUT2D eigenvalue weighted by Crippen LogP contribution is 2.56. The summed E-state index contributed by atoms with van der Waals surface area (Å²) >= 11 is 0. The van der Waals surface area contributed by atoms with Crippen LogP contribution in [0.1, 0.15) is 35.2 Å². The number of hydrogen-bond acceptors (Lipinski definition) is 4. The number of allylic oxidation sites excluding steroid dienone is 2. The van der Waals surface area contributed by atoms with Crippen molar-refractivity contribution in [3.8, 4) is 11.5 Å². The summed E-state index contributed by atoms with van der Waals surface area (Å²) in [5.41, 5.74) is 1.12. The minimum absolute atomic E-state index is 0.0232. The quantitative estimate of drug-likeness (QED) is 0.848. The number of rotatable bonds is 2. The van der Waals surface area contributed by atoms with E-state index in [1.54, 1.807) is 26.4 Å². The van der Waals surface area contributed by atoms with E-state index in [9.17, 15) is 9.59 Å². The molecule has 2 aliphatic carbocycles. The molecule has 3 atom stereocenters. The van der Waals surface area contributed by atoms with E-state index in [-0.39, 0.29) is 23.0 Å². The topological polar surface area (TPSA) is 64.6 Å². The molecule has 1 fully saturated rings. The van der Waals surface area contributed by atoms with Gasteiger partial charge in [0.25, 0.3) is 0 Å². The first kappa shape index (κ1) is 14.3. The largest absolute Gasteiger partial charge is 0.493 e. The van der Waals surface area contributed by atoms with E-state index in [0.717, 1.165) is 18.4 Å². The van der Waals surface area contributed by atoms with Crippen molar-refractivity contribution >= 4 is 11.7 Å². The van der Waals surface area contributed by atoms with Crippen molar-refractivity contribution < 1.29 is 19.1 Å². The highest BCUT2D eigenvalue weighted by molar-refractivity contribution is 6.07. The van der Waals surface area contributed by atoms with Gasteiger partial charge in [-0.05, 0) is 25.0 Å². The summed E-state index contributed by atoms with van der Waals surface area (Å²) in [6, 6.07) is 3.13. The van der Waals surface area contributed by atoms with Gasteiger partial charge in [-0.15, -0.1) is 0 Å². The van der Waals surface area contributed by atoms with Crippen molar-refractivity contribution in [2.75, 3.05) is 14.2 Å². The predicted molar refractivity (Wildman–Crippen MR) is 84.0 cm³/mol. The Balaban J connectivity index is 2.06. The lowest BCUT2D eigenvalue weighted by molar-refractivity contribution is -0.127. The molecule has 120 valence electrons. The van der Waals surface area contributed by atoms with Crippen LogP contribution in [0.2, 0.25) is 0 Å². The maximum absolute atomic E-state index is 13.0. The first-order chi connectivity index (χ1) is 11.1. The van der Waals surface area contributed by atoms with Gasteiger partial charge in [-0.2, -0.15) is 0 Å². The molecule has 0 unspecified atom stereocenters. The molecule has 1 heterocycles. The van der Waals surface area contributed by atoms with Gasteiger partial charge in [0.1, 0.15) is 0 Å². The summed E-state index contributed by atoms with van der Waals surface area (Å²) in [5, 5.41) is 2.90. The number of benzene rings is 1. The number of carbonyl (C=O) groups excluding carboxylic acids is 2. The number of piperidine rings is 1. The van der Waals surface area contributed by atoms with Gasteiger partial charge < -0.3 is 14.8 Å². The van der Waals surface area contributed by atoms with Gasteiger partial charge in [-0.1, -0.05) is 12.2 Å². The number of ketones is 1. The normalized spacial score (nSPS) is 31.0. The number of carbonyl (C=O) groups is 2. The average molecular weight is 313 g/mol. The summed E-state index contributed by atoms with van der Waals surface area (Å²) in [6.07, 6.45) is 6.13. The third-order valence-corrected chi connectivity index (χ3v) is 5.53. The monoisotopic (exact) mass is 313 g/mol. The molecule has 1 aliphatic heterocycles. The minimum Gasteiger partial charge on any atom is -0.493 e. The summed E-state index contributed by atoms with van der Waals surface area (Å²) in [4.78, 5) is 25.2. The zero-order valence-corrected chi connectivity index (χ0v) is 13.2. The summed E-state index contributed by atoms with van der Waals surface area (Å²) in [5.74, 6) is 1.18. The van der Waals surface area contributed by atoms with E-state index in [1.165, 1.54) is 0 Å². The van der Waals surface area contributed by atoms with Crippen molar-refractivity contribution in [3.05, 3.63) is 35.4 Å². The molecule has 1 amide bonds. The van der Waals surface area contributed by atoms with E-state index in [4.69, 9.17) is 9.47 Å². The number of Topliss-reactive ketones (excluding diaryl/α,β-unsaturated/α-hetero) is 1. The van der Waals surface area contributed by atoms with E-state index in [2.05, 4.69) is 17.5 Å². The van der Waals surface area contributed by atoms with Crippen LogP contribution in [0.4, 0.5) is 0 Å². The fourth-order valence-corrected chi connectivity index (χ4v) is 4.60. The second-order valence-electron chi connectivity index (χ2n) is 6.48. The summed E-state index contributed by atoms with van der Waals surface area (Å²) < 4.78 is 11.0. The summed E-state index contributed by atoms with van der Waals surface area (Å²) in [7, 11) is 3.17. The van der Waals surface area contributed by atoms with Crippen LogP contribution in [0.5, 0.6) is 11.5 Å². The molecule has 0 spiro atoms. The van der Waals surface area contributed by atoms with E-state index in [0.29, 0.717) is 23.5 Å². The van der Waals surface area contributed by atoms with Crippen LogP contribution in [-0.4, -0.2) is 32.0 Å². The Morgan fingerprint density at radius 2 is 2.00 bits per heavy atom. The second-order valence-corrected chi connectivity index (χ2v) is 6.48. The highest BCUT2D eigenvalue weighted by atomic mass is 16.5. The van der Waals surface area contributed by atoms with Crippen LogP contribution in [0.3, 0.4) is 0 Å². The minimum atomic E-state index is -0.438. The molecule has 1 aromatic carbocycles. The van der Waals surface area contributed by atoms with Crippen LogP contribution in [0.15, 0.2) is 24.3 Å². The van der Waals surface area contributed by atoms with E-state index >= 15 is 0 Å². The lowest BCUT2D eigenvalue weighted by Crippen LogP contribution is -2.63. The summed E-state index contributed by atoms with van der Waals surface area (Å²) in [6.45, 7) is 0. The lowest BCUT2D eigenvalue weighted by Gasteiger charge is -2.53. The fourth-order valence-electron chi connectivity index (χ4n) is 4.60. The van der Waals surface area contributed by atoms with Crippen LogP contribution >= 0.6 is 0 Å².